The van der Waals surface area contributed by atoms with Crippen molar-refractivity contribution in [2.75, 3.05) is 13.7 Å². The first-order valence-electron chi connectivity index (χ1n) is 8.58. The number of hydrogen-bond acceptors (Lipinski definition) is 6. The molecule has 8 nitrogen and oxygen atoms in total. The van der Waals surface area contributed by atoms with Gasteiger partial charge in [0, 0.05) is 5.56 Å². The topological polar surface area (TPSA) is 103 Å². The number of esters is 1. The van der Waals surface area contributed by atoms with Crippen LogP contribution in [0.3, 0.4) is 0 Å². The number of amides is 2. The maximum Gasteiger partial charge on any atom is 0.573 e. The lowest BCUT2D eigenvalue weighted by atomic mass is 10.0. The molecule has 1 rings (SSSR count). The normalized spacial score (nSPS) is 12.5. The van der Waals surface area contributed by atoms with Crippen molar-refractivity contribution >= 4 is 18.0 Å². The van der Waals surface area contributed by atoms with Gasteiger partial charge in [-0.1, -0.05) is 0 Å². The largest absolute Gasteiger partial charge is 0.573 e. The fourth-order valence-electron chi connectivity index (χ4n) is 2.19. The summed E-state index contributed by atoms with van der Waals surface area (Å²) in [7, 11) is 1.05. The molecule has 30 heavy (non-hydrogen) atoms. The summed E-state index contributed by atoms with van der Waals surface area (Å²) >= 11 is 0. The predicted molar refractivity (Wildman–Crippen MR) is 94.8 cm³/mol. The van der Waals surface area contributed by atoms with Gasteiger partial charge in [-0.3, -0.25) is 9.59 Å². The van der Waals surface area contributed by atoms with Crippen molar-refractivity contribution in [1.82, 2.24) is 10.6 Å². The highest BCUT2D eigenvalue weighted by Gasteiger charge is 2.32. The minimum atomic E-state index is -5.02. The van der Waals surface area contributed by atoms with Gasteiger partial charge in [0.2, 0.25) is 5.91 Å². The van der Waals surface area contributed by atoms with E-state index in [1.807, 2.05) is 0 Å². The average molecular weight is 438 g/mol. The predicted octanol–water partition coefficient (Wildman–Crippen LogP) is 2.97. The summed E-state index contributed by atoms with van der Waals surface area (Å²) in [5.41, 5.74) is -1.25. The third-order valence-electron chi connectivity index (χ3n) is 3.30. The molecule has 1 atom stereocenters. The number of hydrogen-bond donors (Lipinski definition) is 2. The Kier molecular flexibility index (Phi) is 8.43. The number of rotatable bonds is 7. The molecule has 2 amide bonds. The van der Waals surface area contributed by atoms with Crippen molar-refractivity contribution in [3.63, 3.8) is 0 Å². The van der Waals surface area contributed by atoms with Gasteiger partial charge >= 0.3 is 18.4 Å². The Morgan fingerprint density at radius 2 is 1.77 bits per heavy atom. The van der Waals surface area contributed by atoms with Crippen LogP contribution in [0.1, 0.15) is 38.8 Å². The van der Waals surface area contributed by atoms with E-state index in [9.17, 15) is 31.9 Å². The Balaban J connectivity index is 2.97. The second kappa shape index (κ2) is 10.1. The highest BCUT2D eigenvalue weighted by atomic mass is 19.4. The molecule has 0 heterocycles. The molecule has 0 aliphatic carbocycles. The molecule has 0 radical (unpaired) electrons. The minimum absolute atomic E-state index is 0.437. The van der Waals surface area contributed by atoms with E-state index in [1.54, 1.807) is 20.8 Å². The van der Waals surface area contributed by atoms with E-state index < -0.39 is 66.1 Å². The summed E-state index contributed by atoms with van der Waals surface area (Å²) in [4.78, 5) is 35.4. The van der Waals surface area contributed by atoms with Gasteiger partial charge < -0.3 is 24.8 Å². The Labute approximate surface area is 169 Å². The van der Waals surface area contributed by atoms with Crippen LogP contribution in [0.25, 0.3) is 0 Å². The van der Waals surface area contributed by atoms with Crippen LogP contribution in [0.5, 0.6) is 5.75 Å². The summed E-state index contributed by atoms with van der Waals surface area (Å²) in [6.45, 7) is 4.24. The lowest BCUT2D eigenvalue weighted by Crippen LogP contribution is -2.41. The number of benzene rings is 1. The van der Waals surface area contributed by atoms with Gasteiger partial charge in [-0.25, -0.2) is 9.18 Å². The van der Waals surface area contributed by atoms with E-state index >= 15 is 0 Å². The van der Waals surface area contributed by atoms with Gasteiger partial charge in [0.05, 0.1) is 19.6 Å². The van der Waals surface area contributed by atoms with Gasteiger partial charge in [0.1, 0.15) is 23.7 Å². The van der Waals surface area contributed by atoms with E-state index in [2.05, 4.69) is 20.1 Å². The van der Waals surface area contributed by atoms with Crippen molar-refractivity contribution in [1.29, 1.82) is 0 Å². The maximum atomic E-state index is 14.2. The molecule has 168 valence electrons. The fraction of sp³-hybridized carbons (Fsp3) is 0.500. The molecular weight excluding hydrogens is 416 g/mol. The molecule has 0 saturated heterocycles. The van der Waals surface area contributed by atoms with Gasteiger partial charge in [0.15, 0.2) is 0 Å². The number of halogens is 4. The molecule has 1 aromatic carbocycles. The first kappa shape index (κ1) is 25.0. The van der Waals surface area contributed by atoms with Crippen molar-refractivity contribution < 1.29 is 46.2 Å². The zero-order valence-electron chi connectivity index (χ0n) is 16.7. The number of carbonyl (C=O) groups is 3. The Bertz CT molecular complexity index is 777. The van der Waals surface area contributed by atoms with Gasteiger partial charge in [-0.05, 0) is 39.0 Å². The van der Waals surface area contributed by atoms with Crippen molar-refractivity contribution in [2.24, 2.45) is 0 Å². The summed E-state index contributed by atoms with van der Waals surface area (Å²) in [5, 5.41) is 4.42. The lowest BCUT2D eigenvalue weighted by Gasteiger charge is -2.21. The van der Waals surface area contributed by atoms with E-state index in [4.69, 9.17) is 4.74 Å². The van der Waals surface area contributed by atoms with E-state index in [-0.39, 0.29) is 0 Å². The number of carbonyl (C=O) groups excluding carboxylic acids is 3. The molecule has 0 aliphatic rings. The number of alkyl halides is 3. The van der Waals surface area contributed by atoms with Crippen molar-refractivity contribution in [3.05, 3.63) is 29.6 Å². The van der Waals surface area contributed by atoms with Gasteiger partial charge in [-0.2, -0.15) is 0 Å². The lowest BCUT2D eigenvalue weighted by molar-refractivity contribution is -0.274. The Morgan fingerprint density at radius 3 is 2.30 bits per heavy atom. The third kappa shape index (κ3) is 9.43. The zero-order valence-corrected chi connectivity index (χ0v) is 16.7. The molecule has 0 unspecified atom stereocenters. The van der Waals surface area contributed by atoms with Crippen molar-refractivity contribution in [3.8, 4) is 5.75 Å². The molecule has 2 N–H and O–H groups in total. The number of methoxy groups -OCH3 is 1. The summed E-state index contributed by atoms with van der Waals surface area (Å²) in [6.07, 6.45) is -6.50. The number of nitrogens with one attached hydrogen (secondary N) is 2. The summed E-state index contributed by atoms with van der Waals surface area (Å²) < 4.78 is 64.7. The van der Waals surface area contributed by atoms with Crippen LogP contribution in [0.4, 0.5) is 22.4 Å². The molecule has 1 aromatic rings. The molecule has 0 bridgehead atoms. The number of ether oxygens (including phenoxy) is 3. The second-order valence-electron chi connectivity index (χ2n) is 6.99. The second-order valence-corrected chi connectivity index (χ2v) is 6.99. The average Bonchev–Trinajstić information content (AvgIpc) is 2.58. The minimum Gasteiger partial charge on any atom is -0.469 e. The molecule has 0 aromatic heterocycles. The smallest absolute Gasteiger partial charge is 0.469 e. The summed E-state index contributed by atoms with van der Waals surface area (Å²) in [6, 6.07) is 0.763. The highest BCUT2D eigenvalue weighted by Crippen LogP contribution is 2.29. The van der Waals surface area contributed by atoms with Gasteiger partial charge in [-0.15, -0.1) is 13.2 Å². The van der Waals surface area contributed by atoms with Gasteiger partial charge in [0.25, 0.3) is 0 Å². The summed E-state index contributed by atoms with van der Waals surface area (Å²) in [5.74, 6) is -3.44. The SMILES string of the molecule is COC(=O)C[C@H](NC(=O)CNC(=O)OC(C)(C)C)c1cc(OC(F)(F)F)ccc1F. The third-order valence-corrected chi connectivity index (χ3v) is 3.30. The van der Waals surface area contributed by atoms with Crippen LogP contribution in [-0.2, 0) is 19.1 Å². The number of alkyl carbamates (subject to hydrolysis) is 1. The van der Waals surface area contributed by atoms with E-state index in [0.29, 0.717) is 12.1 Å². The molecule has 0 saturated carbocycles. The standard InChI is InChI=1S/C18H22F4N2O6/c1-17(2,3)30-16(27)23-9-14(25)24-13(8-15(26)28-4)11-7-10(5-6-12(11)19)29-18(20,21)22/h5-7,13H,8-9H2,1-4H3,(H,23,27)(H,24,25)/t13-/m0/s1. The van der Waals surface area contributed by atoms with Crippen LogP contribution in [0.2, 0.25) is 0 Å². The Hall–Kier alpha value is -3.05. The molecule has 0 aliphatic heterocycles. The fourth-order valence-corrected chi connectivity index (χ4v) is 2.19. The van der Waals surface area contributed by atoms with Crippen molar-refractivity contribution in [2.45, 2.75) is 45.2 Å². The van der Waals surface area contributed by atoms with Crippen LogP contribution in [0.15, 0.2) is 18.2 Å². The first-order chi connectivity index (χ1) is 13.7. The monoisotopic (exact) mass is 438 g/mol. The zero-order chi connectivity index (χ0) is 23.1. The van der Waals surface area contributed by atoms with Crippen LogP contribution < -0.4 is 15.4 Å². The quantitative estimate of drug-likeness (QED) is 0.501. The maximum absolute atomic E-state index is 14.2. The first-order valence-corrected chi connectivity index (χ1v) is 8.58. The van der Waals surface area contributed by atoms with E-state index in [1.165, 1.54) is 0 Å². The molecule has 12 heteroatoms. The van der Waals surface area contributed by atoms with E-state index in [0.717, 1.165) is 13.2 Å². The Morgan fingerprint density at radius 1 is 1.13 bits per heavy atom. The molecular formula is C18H22F4N2O6. The molecule has 0 spiro atoms. The van der Waals surface area contributed by atoms with Crippen LogP contribution >= 0.6 is 0 Å². The molecule has 0 fully saturated rings. The van der Waals surface area contributed by atoms with Crippen LogP contribution in [0, 0.1) is 5.82 Å². The van der Waals surface area contributed by atoms with Crippen LogP contribution in [-0.4, -0.2) is 43.6 Å². The highest BCUT2D eigenvalue weighted by molar-refractivity contribution is 5.83.